The van der Waals surface area contributed by atoms with E-state index in [2.05, 4.69) is 52.6 Å². The second-order valence-corrected chi connectivity index (χ2v) is 8.60. The van der Waals surface area contributed by atoms with E-state index in [1.165, 1.54) is 12.0 Å². The molecule has 1 spiro atoms. The van der Waals surface area contributed by atoms with Crippen LogP contribution in [-0.2, 0) is 4.79 Å². The van der Waals surface area contributed by atoms with Gasteiger partial charge in [-0.15, -0.1) is 0 Å². The first-order valence-electron chi connectivity index (χ1n) is 9.87. The minimum absolute atomic E-state index is 0.206. The van der Waals surface area contributed by atoms with E-state index in [1.54, 1.807) is 6.33 Å². The fraction of sp³-hybridized carbons (Fsp3) is 0.750. The van der Waals surface area contributed by atoms with Crippen molar-refractivity contribution in [1.29, 1.82) is 0 Å². The largest absolute Gasteiger partial charge is 0.356 e. The third kappa shape index (κ3) is 4.17. The highest BCUT2D eigenvalue weighted by molar-refractivity contribution is 5.77. The molecule has 1 atom stereocenters. The summed E-state index contributed by atoms with van der Waals surface area (Å²) in [7, 11) is 4.13. The molecule has 6 heteroatoms. The molecule has 6 nitrogen and oxygen atoms in total. The number of carbonyl (C=O) groups excluding carboxylic acids is 1. The van der Waals surface area contributed by atoms with Crippen LogP contribution >= 0.6 is 0 Å². The predicted molar refractivity (Wildman–Crippen MR) is 104 cm³/mol. The Morgan fingerprint density at radius 3 is 2.81 bits per heavy atom. The van der Waals surface area contributed by atoms with Gasteiger partial charge in [-0.1, -0.05) is 13.8 Å². The Labute approximate surface area is 157 Å². The van der Waals surface area contributed by atoms with E-state index in [1.807, 2.05) is 6.20 Å². The standard InChI is InChI=1S/C20H33N5O/c1-16(2)17-12-21-15-22-19(17)25-9-5-7-20(14-25)8-6-18(26)24(13-20)11-10-23(3)4/h12,15-16H,5-11,13-14H2,1-4H3. The third-order valence-corrected chi connectivity index (χ3v) is 5.87. The first-order chi connectivity index (χ1) is 12.4. The van der Waals surface area contributed by atoms with Crippen molar-refractivity contribution in [2.45, 2.75) is 45.4 Å². The normalized spacial score (nSPS) is 24.2. The number of hydrogen-bond donors (Lipinski definition) is 0. The molecule has 1 amide bonds. The SMILES string of the molecule is CC(C)c1cncnc1N1CCCC2(CCC(=O)N(CCN(C)C)C2)C1. The number of carbonyl (C=O) groups is 1. The Balaban J connectivity index is 1.76. The summed E-state index contributed by atoms with van der Waals surface area (Å²) in [4.78, 5) is 27.9. The molecule has 0 bridgehead atoms. The van der Waals surface area contributed by atoms with Gasteiger partial charge in [0.25, 0.3) is 0 Å². The lowest BCUT2D eigenvalue weighted by molar-refractivity contribution is -0.138. The molecule has 0 radical (unpaired) electrons. The Morgan fingerprint density at radius 1 is 1.27 bits per heavy atom. The number of nitrogens with zero attached hydrogens (tertiary/aromatic N) is 5. The lowest BCUT2D eigenvalue weighted by Crippen LogP contribution is -2.55. The Hall–Kier alpha value is -1.69. The molecule has 3 rings (SSSR count). The highest BCUT2D eigenvalue weighted by Crippen LogP contribution is 2.40. The van der Waals surface area contributed by atoms with Crippen molar-refractivity contribution in [1.82, 2.24) is 19.8 Å². The Morgan fingerprint density at radius 2 is 2.08 bits per heavy atom. The van der Waals surface area contributed by atoms with Gasteiger partial charge in [-0.3, -0.25) is 4.79 Å². The van der Waals surface area contributed by atoms with Gasteiger partial charge in [-0.2, -0.15) is 0 Å². The van der Waals surface area contributed by atoms with Crippen molar-refractivity contribution in [3.05, 3.63) is 18.1 Å². The van der Waals surface area contributed by atoms with Crippen molar-refractivity contribution in [3.8, 4) is 0 Å². The van der Waals surface area contributed by atoms with Crippen LogP contribution in [0.2, 0.25) is 0 Å². The maximum atomic E-state index is 12.4. The molecule has 1 aromatic heterocycles. The van der Waals surface area contributed by atoms with Gasteiger partial charge in [-0.05, 0) is 39.3 Å². The van der Waals surface area contributed by atoms with Crippen molar-refractivity contribution in [2.24, 2.45) is 5.41 Å². The van der Waals surface area contributed by atoms with Gasteiger partial charge in [0.1, 0.15) is 12.1 Å². The van der Waals surface area contributed by atoms with Crippen LogP contribution < -0.4 is 4.90 Å². The zero-order valence-electron chi connectivity index (χ0n) is 16.7. The van der Waals surface area contributed by atoms with Crippen molar-refractivity contribution >= 4 is 11.7 Å². The van der Waals surface area contributed by atoms with E-state index in [0.717, 1.165) is 51.4 Å². The van der Waals surface area contributed by atoms with Crippen molar-refractivity contribution in [2.75, 3.05) is 51.7 Å². The monoisotopic (exact) mass is 359 g/mol. The van der Waals surface area contributed by atoms with E-state index in [4.69, 9.17) is 0 Å². The molecule has 0 N–H and O–H groups in total. The third-order valence-electron chi connectivity index (χ3n) is 5.87. The summed E-state index contributed by atoms with van der Waals surface area (Å²) in [6.45, 7) is 9.08. The number of anilines is 1. The molecule has 0 aromatic carbocycles. The molecule has 1 aromatic rings. The van der Waals surface area contributed by atoms with Crippen LogP contribution in [-0.4, -0.2) is 72.5 Å². The summed E-state index contributed by atoms with van der Waals surface area (Å²) in [5.74, 6) is 1.82. The number of piperidine rings is 2. The van der Waals surface area contributed by atoms with Gasteiger partial charge >= 0.3 is 0 Å². The molecule has 1 unspecified atom stereocenters. The Kier molecular flexibility index (Phi) is 5.80. The summed E-state index contributed by atoms with van der Waals surface area (Å²) in [6.07, 6.45) is 7.68. The topological polar surface area (TPSA) is 52.6 Å². The summed E-state index contributed by atoms with van der Waals surface area (Å²) in [6, 6.07) is 0. The average Bonchev–Trinajstić information content (AvgIpc) is 2.63. The lowest BCUT2D eigenvalue weighted by atomic mass is 9.73. The second-order valence-electron chi connectivity index (χ2n) is 8.60. The minimum atomic E-state index is 0.206. The van der Waals surface area contributed by atoms with Gasteiger partial charge < -0.3 is 14.7 Å². The van der Waals surface area contributed by atoms with Crippen LogP contribution in [0.5, 0.6) is 0 Å². The molecule has 2 saturated heterocycles. The fourth-order valence-corrected chi connectivity index (χ4v) is 4.35. The molecule has 3 heterocycles. The summed E-state index contributed by atoms with van der Waals surface area (Å²) in [5, 5.41) is 0. The molecule has 144 valence electrons. The maximum Gasteiger partial charge on any atom is 0.222 e. The maximum absolute atomic E-state index is 12.4. The second kappa shape index (κ2) is 7.91. The summed E-state index contributed by atoms with van der Waals surface area (Å²) in [5.41, 5.74) is 1.43. The lowest BCUT2D eigenvalue weighted by Gasteiger charge is -2.49. The van der Waals surface area contributed by atoms with Gasteiger partial charge in [0.05, 0.1) is 0 Å². The van der Waals surface area contributed by atoms with Crippen LogP contribution in [0.1, 0.15) is 51.0 Å². The molecule has 2 fully saturated rings. The fourth-order valence-electron chi connectivity index (χ4n) is 4.35. The van der Waals surface area contributed by atoms with Crippen LogP contribution in [0.25, 0.3) is 0 Å². The first-order valence-corrected chi connectivity index (χ1v) is 9.87. The van der Waals surface area contributed by atoms with Crippen LogP contribution in [0.15, 0.2) is 12.5 Å². The molecule has 2 aliphatic rings. The number of aromatic nitrogens is 2. The Bertz CT molecular complexity index is 632. The van der Waals surface area contributed by atoms with Gasteiger partial charge in [0, 0.05) is 56.3 Å². The van der Waals surface area contributed by atoms with E-state index in [-0.39, 0.29) is 5.41 Å². The molecular formula is C20H33N5O. The van der Waals surface area contributed by atoms with Gasteiger partial charge in [-0.25, -0.2) is 9.97 Å². The van der Waals surface area contributed by atoms with E-state index in [0.29, 0.717) is 18.2 Å². The van der Waals surface area contributed by atoms with Crippen LogP contribution in [0.4, 0.5) is 5.82 Å². The first kappa shape index (κ1) is 19.1. The summed E-state index contributed by atoms with van der Waals surface area (Å²) < 4.78 is 0. The van der Waals surface area contributed by atoms with E-state index >= 15 is 0 Å². The zero-order valence-corrected chi connectivity index (χ0v) is 16.7. The quantitative estimate of drug-likeness (QED) is 0.808. The van der Waals surface area contributed by atoms with Crippen molar-refractivity contribution in [3.63, 3.8) is 0 Å². The van der Waals surface area contributed by atoms with Crippen molar-refractivity contribution < 1.29 is 4.79 Å². The number of rotatable bonds is 5. The average molecular weight is 360 g/mol. The van der Waals surface area contributed by atoms with E-state index in [9.17, 15) is 4.79 Å². The number of likely N-dealkylation sites (tertiary alicyclic amines) is 1. The molecule has 0 aliphatic carbocycles. The number of likely N-dealkylation sites (N-methyl/N-ethyl adjacent to an activating group) is 1. The van der Waals surface area contributed by atoms with Crippen LogP contribution in [0, 0.1) is 5.41 Å². The predicted octanol–water partition coefficient (Wildman–Crippen LogP) is 2.37. The number of hydrogen-bond acceptors (Lipinski definition) is 5. The highest BCUT2D eigenvalue weighted by Gasteiger charge is 2.42. The number of amides is 1. The molecule has 0 saturated carbocycles. The van der Waals surface area contributed by atoms with Gasteiger partial charge in [0.15, 0.2) is 0 Å². The van der Waals surface area contributed by atoms with E-state index < -0.39 is 0 Å². The minimum Gasteiger partial charge on any atom is -0.356 e. The molecular weight excluding hydrogens is 326 g/mol. The summed E-state index contributed by atoms with van der Waals surface area (Å²) >= 11 is 0. The molecule has 26 heavy (non-hydrogen) atoms. The zero-order chi connectivity index (χ0) is 18.7. The smallest absolute Gasteiger partial charge is 0.222 e. The molecule has 2 aliphatic heterocycles. The van der Waals surface area contributed by atoms with Gasteiger partial charge in [0.2, 0.25) is 5.91 Å². The highest BCUT2D eigenvalue weighted by atomic mass is 16.2. The van der Waals surface area contributed by atoms with Crippen LogP contribution in [0.3, 0.4) is 0 Å².